The van der Waals surface area contributed by atoms with Crippen LogP contribution < -0.4 is 15.6 Å². The molecule has 1 spiro atoms. The third-order valence-electron chi connectivity index (χ3n) is 15.5. The Balaban J connectivity index is 1.12. The highest BCUT2D eigenvalue weighted by Crippen LogP contribution is 2.55. The SMILES string of the molecule is CCn1c(-c2cc(N3CCN(C)CC3)cnc2C(C)OC)c2c3cc(ccc31)-c1csc(n1)C1(CC1)C(NC(=O)C1C(C)C1C)C(=O)N1NC(C(=O)OCC(C)(C)C2)C2CC1C2. The van der Waals surface area contributed by atoms with Crippen molar-refractivity contribution in [3.63, 3.8) is 0 Å². The highest BCUT2D eigenvalue weighted by atomic mass is 32.1. The predicted molar refractivity (Wildman–Crippen MR) is 240 cm³/mol. The molecule has 3 aromatic heterocycles. The van der Waals surface area contributed by atoms with Gasteiger partial charge in [0.1, 0.15) is 17.1 Å². The van der Waals surface area contributed by atoms with Crippen molar-refractivity contribution >= 4 is 45.7 Å². The Bertz CT molecular complexity index is 2420. The number of esters is 1. The van der Waals surface area contributed by atoms with Gasteiger partial charge >= 0.3 is 5.97 Å². The minimum absolute atomic E-state index is 0.0412. The van der Waals surface area contributed by atoms with E-state index in [2.05, 4.69) is 103 Å². The van der Waals surface area contributed by atoms with Crippen LogP contribution >= 0.6 is 11.3 Å². The molecule has 13 nitrogen and oxygen atoms in total. The smallest absolute Gasteiger partial charge is 0.325 e. The Kier molecular flexibility index (Phi) is 10.3. The summed E-state index contributed by atoms with van der Waals surface area (Å²) < 4.78 is 14.7. The number of aryl methyl sites for hydroxylation is 1. The van der Waals surface area contributed by atoms with Gasteiger partial charge in [0.25, 0.3) is 5.91 Å². The van der Waals surface area contributed by atoms with E-state index in [1.54, 1.807) is 23.5 Å². The zero-order chi connectivity index (χ0) is 43.4. The van der Waals surface area contributed by atoms with E-state index in [1.807, 2.05) is 6.20 Å². The lowest BCUT2D eigenvalue weighted by Crippen LogP contribution is -2.72. The molecule has 3 saturated carbocycles. The number of carbonyl (C=O) groups excluding carboxylic acids is 3. The molecule has 1 aromatic carbocycles. The van der Waals surface area contributed by atoms with Gasteiger partial charge in [-0.1, -0.05) is 33.8 Å². The second-order valence-corrected chi connectivity index (χ2v) is 21.0. The summed E-state index contributed by atoms with van der Waals surface area (Å²) in [6.45, 7) is 17.5. The number of methoxy groups -OCH3 is 1. The number of nitrogens with one attached hydrogen (secondary N) is 2. The molecule has 5 atom stereocenters. The van der Waals surface area contributed by atoms with Crippen molar-refractivity contribution in [2.45, 2.75) is 110 Å². The number of aromatic nitrogens is 3. The molecular formula is C48H62N8O5S. The molecule has 7 aliphatic rings. The lowest BCUT2D eigenvalue weighted by atomic mass is 9.73. The number of anilines is 1. The third-order valence-corrected chi connectivity index (χ3v) is 16.6. The van der Waals surface area contributed by atoms with Gasteiger partial charge in [-0.2, -0.15) is 0 Å². The molecular weight excluding hydrogens is 801 g/mol. The van der Waals surface area contributed by atoms with Gasteiger partial charge in [0.05, 0.1) is 47.1 Å². The van der Waals surface area contributed by atoms with Crippen molar-refractivity contribution in [2.75, 3.05) is 51.8 Å². The molecule has 11 rings (SSSR count). The minimum Gasteiger partial charge on any atom is -0.464 e. The Labute approximate surface area is 368 Å². The normalized spacial score (nSPS) is 29.5. The first-order valence-corrected chi connectivity index (χ1v) is 23.7. The highest BCUT2D eigenvalue weighted by molar-refractivity contribution is 7.10. The average molecular weight is 863 g/mol. The van der Waals surface area contributed by atoms with Gasteiger partial charge in [-0.05, 0) is 94.5 Å². The van der Waals surface area contributed by atoms with Gasteiger partial charge in [-0.3, -0.25) is 24.4 Å². The quantitative estimate of drug-likeness (QED) is 0.203. The summed E-state index contributed by atoms with van der Waals surface area (Å²) in [5, 5.41) is 9.04. The van der Waals surface area contributed by atoms with Crippen molar-refractivity contribution in [1.82, 2.24) is 35.2 Å². The molecule has 4 aromatic rings. The number of piperazine rings is 1. The molecule has 2 N–H and O–H groups in total. The van der Waals surface area contributed by atoms with Crippen LogP contribution in [-0.2, 0) is 42.2 Å². The topological polar surface area (TPSA) is 134 Å². The Morgan fingerprint density at radius 3 is 2.52 bits per heavy atom. The highest BCUT2D eigenvalue weighted by Gasteiger charge is 2.61. The molecule has 0 radical (unpaired) electrons. The number of rotatable bonds is 7. The van der Waals surface area contributed by atoms with Crippen molar-refractivity contribution in [3.05, 3.63) is 52.1 Å². The van der Waals surface area contributed by atoms with Crippen LogP contribution in [-0.4, -0.2) is 107 Å². The fourth-order valence-corrected chi connectivity index (χ4v) is 12.0. The van der Waals surface area contributed by atoms with E-state index in [4.69, 9.17) is 19.4 Å². The fraction of sp³-hybridized carbons (Fsp3) is 0.604. The number of amides is 2. The molecule has 14 heteroatoms. The Hall–Kier alpha value is -4.37. The molecule has 5 unspecified atom stereocenters. The molecule has 3 aliphatic carbocycles. The molecule has 3 saturated heterocycles. The number of nitrogens with zero attached hydrogens (tertiary/aromatic N) is 6. The van der Waals surface area contributed by atoms with Crippen molar-refractivity contribution in [2.24, 2.45) is 29.1 Å². The largest absolute Gasteiger partial charge is 0.464 e. The zero-order valence-electron chi connectivity index (χ0n) is 37.5. The maximum Gasteiger partial charge on any atom is 0.325 e. The number of cyclic esters (lactones) is 1. The lowest BCUT2D eigenvalue weighted by Gasteiger charge is -2.53. The summed E-state index contributed by atoms with van der Waals surface area (Å²) in [5.41, 5.74) is 10.5. The lowest BCUT2D eigenvalue weighted by molar-refractivity contribution is -0.171. The summed E-state index contributed by atoms with van der Waals surface area (Å²) >= 11 is 1.57. The molecule has 62 heavy (non-hydrogen) atoms. The van der Waals surface area contributed by atoms with E-state index < -0.39 is 22.9 Å². The minimum atomic E-state index is -0.803. The van der Waals surface area contributed by atoms with Crippen LogP contribution in [0.1, 0.15) is 89.6 Å². The standard InChI is InChI=1S/C48H62N8O5S/c1-9-55-37-11-10-29-20-33(37)35(41(55)34-21-32(23-49-39(34)28(4)60-8)54-16-14-53(7)15-17-54)22-47(5,6)25-61-45(59)40-30-18-31(19-30)56(52-40)44(58)42(51-43(57)38-26(2)27(38)3)48(12-13-48)46-50-36(29)24-62-46/h10-11,20-21,23-24,26-28,30-31,38,40,42,52H,9,12-19,22,25H2,1-8H3,(H,51,57). The molecule has 6 fully saturated rings. The first-order valence-electron chi connectivity index (χ1n) is 22.9. The van der Waals surface area contributed by atoms with Gasteiger partial charge in [0.2, 0.25) is 5.91 Å². The van der Waals surface area contributed by atoms with E-state index in [0.29, 0.717) is 6.42 Å². The van der Waals surface area contributed by atoms with Crippen LogP contribution in [0.5, 0.6) is 0 Å². The van der Waals surface area contributed by atoms with Gasteiger partial charge in [-0.25, -0.2) is 10.4 Å². The van der Waals surface area contributed by atoms with E-state index in [-0.39, 0.29) is 60.2 Å². The second-order valence-electron chi connectivity index (χ2n) is 20.1. The number of hydrogen-bond acceptors (Lipinski definition) is 11. The Morgan fingerprint density at radius 1 is 1.10 bits per heavy atom. The van der Waals surface area contributed by atoms with Gasteiger partial charge in [-0.15, -0.1) is 11.3 Å². The zero-order valence-corrected chi connectivity index (χ0v) is 38.3. The van der Waals surface area contributed by atoms with Crippen LogP contribution in [0, 0.1) is 29.1 Å². The summed E-state index contributed by atoms with van der Waals surface area (Å²) in [4.78, 5) is 58.2. The first-order chi connectivity index (χ1) is 29.7. The third kappa shape index (κ3) is 6.94. The number of thiazole rings is 1. The van der Waals surface area contributed by atoms with Crippen LogP contribution in [0.2, 0.25) is 0 Å². The number of pyridine rings is 1. The number of carbonyl (C=O) groups is 3. The van der Waals surface area contributed by atoms with E-state index in [0.717, 1.165) is 108 Å². The number of ether oxygens (including phenoxy) is 2. The van der Waals surface area contributed by atoms with Gasteiger partial charge in [0.15, 0.2) is 0 Å². The maximum atomic E-state index is 14.9. The summed E-state index contributed by atoms with van der Waals surface area (Å²) in [6.07, 6.45) is 5.30. The van der Waals surface area contributed by atoms with Crippen LogP contribution in [0.25, 0.3) is 33.4 Å². The van der Waals surface area contributed by atoms with Crippen LogP contribution in [0.4, 0.5) is 5.69 Å². The fourth-order valence-electron chi connectivity index (χ4n) is 10.9. The average Bonchev–Trinajstić information content (AvgIpc) is 4.06. The number of hydrogen-bond donors (Lipinski definition) is 2. The van der Waals surface area contributed by atoms with Crippen molar-refractivity contribution in [3.8, 4) is 22.5 Å². The molecule has 4 aliphatic heterocycles. The van der Waals surface area contributed by atoms with Crippen molar-refractivity contribution < 1.29 is 23.9 Å². The monoisotopic (exact) mass is 862 g/mol. The van der Waals surface area contributed by atoms with Crippen LogP contribution in [0.15, 0.2) is 35.8 Å². The second kappa shape index (κ2) is 15.4. The Morgan fingerprint density at radius 2 is 1.84 bits per heavy atom. The van der Waals surface area contributed by atoms with Crippen LogP contribution in [0.3, 0.4) is 0 Å². The molecule has 330 valence electrons. The number of likely N-dealkylation sites (N-methyl/N-ethyl adjacent to an activating group) is 1. The molecule has 2 amide bonds. The summed E-state index contributed by atoms with van der Waals surface area (Å²) in [5.74, 6) is -0.107. The van der Waals surface area contributed by atoms with Crippen molar-refractivity contribution in [1.29, 1.82) is 0 Å². The van der Waals surface area contributed by atoms with Gasteiger partial charge in [0, 0.05) is 84.6 Å². The number of benzene rings is 1. The summed E-state index contributed by atoms with van der Waals surface area (Å²) in [7, 11) is 3.91. The predicted octanol–water partition coefficient (Wildman–Crippen LogP) is 6.34. The number of hydrazine groups is 1. The summed E-state index contributed by atoms with van der Waals surface area (Å²) in [6, 6.07) is 7.47. The first kappa shape index (κ1) is 41.6. The maximum absolute atomic E-state index is 14.9. The van der Waals surface area contributed by atoms with E-state index in [9.17, 15) is 14.4 Å². The van der Waals surface area contributed by atoms with Gasteiger partial charge < -0.3 is 29.2 Å². The van der Waals surface area contributed by atoms with E-state index >= 15 is 0 Å². The number of fused-ring (bicyclic) bond motifs is 5. The van der Waals surface area contributed by atoms with E-state index in [1.165, 1.54) is 5.56 Å². The molecule has 7 heterocycles. The molecule has 8 bridgehead atoms.